The molecule has 0 radical (unpaired) electrons. The van der Waals surface area contributed by atoms with E-state index >= 15 is 0 Å². The van der Waals surface area contributed by atoms with Crippen molar-refractivity contribution >= 4 is 5.91 Å². The molecule has 1 aromatic rings. The van der Waals surface area contributed by atoms with Gasteiger partial charge < -0.3 is 15.4 Å². The first kappa shape index (κ1) is 11.0. The first-order valence-electron chi connectivity index (χ1n) is 5.28. The molecule has 0 aromatic heterocycles. The summed E-state index contributed by atoms with van der Waals surface area (Å²) in [7, 11) is 3.42. The summed E-state index contributed by atoms with van der Waals surface area (Å²) in [6, 6.07) is 7.53. The molecule has 1 heterocycles. The molecule has 0 spiro atoms. The molecule has 0 saturated carbocycles. The lowest BCUT2D eigenvalue weighted by Crippen LogP contribution is -2.30. The van der Waals surface area contributed by atoms with Gasteiger partial charge in [-0.3, -0.25) is 4.79 Å². The Bertz CT molecular complexity index is 406. The molecule has 1 aromatic carbocycles. The number of nitrogens with zero attached hydrogens (tertiary/aromatic N) is 1. The Hall–Kier alpha value is -1.55. The highest BCUT2D eigenvalue weighted by Gasteiger charge is 2.36. The summed E-state index contributed by atoms with van der Waals surface area (Å²) >= 11 is 0. The Morgan fingerprint density at radius 3 is 2.81 bits per heavy atom. The van der Waals surface area contributed by atoms with Crippen LogP contribution in [0.5, 0.6) is 5.75 Å². The van der Waals surface area contributed by atoms with E-state index in [4.69, 9.17) is 10.5 Å². The Labute approximate surface area is 95.0 Å². The molecule has 1 amide bonds. The van der Waals surface area contributed by atoms with E-state index in [1.807, 2.05) is 24.3 Å². The Morgan fingerprint density at radius 1 is 1.50 bits per heavy atom. The van der Waals surface area contributed by atoms with Crippen LogP contribution < -0.4 is 10.5 Å². The van der Waals surface area contributed by atoms with Crippen LogP contribution in [0.2, 0.25) is 0 Å². The summed E-state index contributed by atoms with van der Waals surface area (Å²) in [5.74, 6) is 0.887. The van der Waals surface area contributed by atoms with Gasteiger partial charge in [0.2, 0.25) is 5.91 Å². The average molecular weight is 220 g/mol. The molecular weight excluding hydrogens is 204 g/mol. The van der Waals surface area contributed by atoms with Crippen molar-refractivity contribution in [1.29, 1.82) is 0 Å². The quantitative estimate of drug-likeness (QED) is 0.806. The van der Waals surface area contributed by atoms with E-state index in [-0.39, 0.29) is 18.0 Å². The molecule has 2 rings (SSSR count). The number of hydrogen-bond donors (Lipinski definition) is 1. The van der Waals surface area contributed by atoms with Gasteiger partial charge in [0, 0.05) is 19.5 Å². The first-order valence-corrected chi connectivity index (χ1v) is 5.28. The molecule has 86 valence electrons. The minimum absolute atomic E-state index is 0.0393. The van der Waals surface area contributed by atoms with Gasteiger partial charge in [-0.2, -0.15) is 0 Å². The zero-order valence-corrected chi connectivity index (χ0v) is 9.51. The lowest BCUT2D eigenvalue weighted by molar-refractivity contribution is -0.127. The van der Waals surface area contributed by atoms with Gasteiger partial charge >= 0.3 is 0 Å². The number of rotatable bonds is 2. The van der Waals surface area contributed by atoms with Crippen LogP contribution >= 0.6 is 0 Å². The molecule has 4 nitrogen and oxygen atoms in total. The average Bonchev–Trinajstić information content (AvgIpc) is 2.53. The van der Waals surface area contributed by atoms with Gasteiger partial charge in [-0.15, -0.1) is 0 Å². The highest BCUT2D eigenvalue weighted by molar-refractivity contribution is 5.80. The van der Waals surface area contributed by atoms with E-state index in [1.165, 1.54) is 0 Å². The fraction of sp³-hybridized carbons (Fsp3) is 0.417. The molecule has 2 atom stereocenters. The predicted molar refractivity (Wildman–Crippen MR) is 61.1 cm³/mol. The third kappa shape index (κ3) is 1.76. The van der Waals surface area contributed by atoms with E-state index in [2.05, 4.69) is 0 Å². The number of likely N-dealkylation sites (tertiary alicyclic amines) is 1. The highest BCUT2D eigenvalue weighted by Crippen LogP contribution is 2.31. The van der Waals surface area contributed by atoms with Crippen molar-refractivity contribution in [3.05, 3.63) is 29.8 Å². The fourth-order valence-corrected chi connectivity index (χ4v) is 2.20. The van der Waals surface area contributed by atoms with Crippen LogP contribution in [0.1, 0.15) is 18.0 Å². The topological polar surface area (TPSA) is 55.6 Å². The van der Waals surface area contributed by atoms with Crippen LogP contribution in [0.4, 0.5) is 0 Å². The molecular formula is C12H16N2O2. The van der Waals surface area contributed by atoms with Crippen molar-refractivity contribution in [3.8, 4) is 5.75 Å². The standard InChI is InChI=1S/C12H16N2O2/c1-14-11(15)7-10(13)12(14)8-4-3-5-9(6-8)16-2/h3-6,10,12H,7,13H2,1-2H3/t10-,12+/m1/s1. The van der Waals surface area contributed by atoms with Crippen molar-refractivity contribution in [2.45, 2.75) is 18.5 Å². The second-order valence-corrected chi connectivity index (χ2v) is 4.09. The maximum Gasteiger partial charge on any atom is 0.224 e. The highest BCUT2D eigenvalue weighted by atomic mass is 16.5. The minimum Gasteiger partial charge on any atom is -0.497 e. The summed E-state index contributed by atoms with van der Waals surface area (Å²) in [6.45, 7) is 0. The number of carbonyl (C=O) groups excluding carboxylic acids is 1. The number of amides is 1. The number of ether oxygens (including phenoxy) is 1. The normalized spacial score (nSPS) is 24.9. The molecule has 2 N–H and O–H groups in total. The molecule has 0 bridgehead atoms. The molecule has 1 aliphatic heterocycles. The summed E-state index contributed by atoms with van der Waals surface area (Å²) in [4.78, 5) is 13.2. The Balaban J connectivity index is 2.32. The van der Waals surface area contributed by atoms with Crippen LogP contribution in [0, 0.1) is 0 Å². The zero-order valence-electron chi connectivity index (χ0n) is 9.51. The van der Waals surface area contributed by atoms with Gasteiger partial charge in [0.1, 0.15) is 5.75 Å². The Kier molecular flexibility index (Phi) is 2.83. The van der Waals surface area contributed by atoms with Crippen molar-refractivity contribution in [2.24, 2.45) is 5.73 Å². The van der Waals surface area contributed by atoms with Crippen molar-refractivity contribution in [3.63, 3.8) is 0 Å². The monoisotopic (exact) mass is 220 g/mol. The fourth-order valence-electron chi connectivity index (χ4n) is 2.20. The van der Waals surface area contributed by atoms with Crippen LogP contribution in [0.15, 0.2) is 24.3 Å². The molecule has 1 saturated heterocycles. The maximum atomic E-state index is 11.5. The van der Waals surface area contributed by atoms with Gasteiger partial charge in [-0.05, 0) is 17.7 Å². The summed E-state index contributed by atoms with van der Waals surface area (Å²) in [6.07, 6.45) is 0.415. The lowest BCUT2D eigenvalue weighted by atomic mass is 10.0. The molecule has 0 unspecified atom stereocenters. The summed E-state index contributed by atoms with van der Waals surface area (Å²) < 4.78 is 5.17. The second-order valence-electron chi connectivity index (χ2n) is 4.09. The maximum absolute atomic E-state index is 11.5. The van der Waals surface area contributed by atoms with E-state index in [9.17, 15) is 4.79 Å². The van der Waals surface area contributed by atoms with Crippen LogP contribution in [-0.2, 0) is 4.79 Å². The number of hydrogen-bond acceptors (Lipinski definition) is 3. The minimum atomic E-state index is -0.135. The lowest BCUT2D eigenvalue weighted by Gasteiger charge is -2.23. The third-order valence-electron chi connectivity index (χ3n) is 3.06. The van der Waals surface area contributed by atoms with Crippen LogP contribution in [0.3, 0.4) is 0 Å². The number of benzene rings is 1. The van der Waals surface area contributed by atoms with Crippen molar-refractivity contribution < 1.29 is 9.53 Å². The van der Waals surface area contributed by atoms with Gasteiger partial charge in [0.05, 0.1) is 13.2 Å². The first-order chi connectivity index (χ1) is 7.63. The summed E-state index contributed by atoms with van der Waals surface area (Å²) in [5.41, 5.74) is 7.01. The summed E-state index contributed by atoms with van der Waals surface area (Å²) in [5, 5.41) is 0. The van der Waals surface area contributed by atoms with Gasteiger partial charge in [0.15, 0.2) is 0 Å². The predicted octanol–water partition coefficient (Wildman–Crippen LogP) is 0.926. The van der Waals surface area contributed by atoms with E-state index in [0.29, 0.717) is 6.42 Å². The zero-order chi connectivity index (χ0) is 11.7. The van der Waals surface area contributed by atoms with Crippen LogP contribution in [0.25, 0.3) is 0 Å². The number of nitrogens with two attached hydrogens (primary N) is 1. The van der Waals surface area contributed by atoms with Gasteiger partial charge in [-0.1, -0.05) is 12.1 Å². The molecule has 0 aliphatic carbocycles. The smallest absolute Gasteiger partial charge is 0.224 e. The van der Waals surface area contributed by atoms with Crippen LogP contribution in [-0.4, -0.2) is 31.0 Å². The second kappa shape index (κ2) is 4.14. The van der Waals surface area contributed by atoms with Crippen molar-refractivity contribution in [2.75, 3.05) is 14.2 Å². The van der Waals surface area contributed by atoms with E-state index in [0.717, 1.165) is 11.3 Å². The third-order valence-corrected chi connectivity index (χ3v) is 3.06. The molecule has 1 aliphatic rings. The van der Waals surface area contributed by atoms with Gasteiger partial charge in [0.25, 0.3) is 0 Å². The van der Waals surface area contributed by atoms with Crippen molar-refractivity contribution in [1.82, 2.24) is 4.90 Å². The Morgan fingerprint density at radius 2 is 2.25 bits per heavy atom. The van der Waals surface area contributed by atoms with E-state index in [1.54, 1.807) is 19.1 Å². The number of likely N-dealkylation sites (N-methyl/N-ethyl adjacent to an activating group) is 1. The number of methoxy groups -OCH3 is 1. The molecule has 16 heavy (non-hydrogen) atoms. The molecule has 4 heteroatoms. The largest absolute Gasteiger partial charge is 0.497 e. The van der Waals surface area contributed by atoms with E-state index < -0.39 is 0 Å². The molecule has 1 fully saturated rings. The van der Waals surface area contributed by atoms with Gasteiger partial charge in [-0.25, -0.2) is 0 Å². The number of carbonyl (C=O) groups is 1. The SMILES string of the molecule is COc1cccc([C@H]2[C@H](N)CC(=O)N2C)c1.